The van der Waals surface area contributed by atoms with Crippen LogP contribution >= 0.6 is 0 Å². The summed E-state index contributed by atoms with van der Waals surface area (Å²) in [6.07, 6.45) is 1.76. The van der Waals surface area contributed by atoms with Crippen molar-refractivity contribution in [3.8, 4) is 11.3 Å². The minimum atomic E-state index is -0.480. The molecule has 0 radical (unpaired) electrons. The average molecular weight is 301 g/mol. The highest BCUT2D eigenvalue weighted by atomic mass is 16.3. The van der Waals surface area contributed by atoms with Crippen molar-refractivity contribution >= 4 is 5.91 Å². The largest absolute Gasteiger partial charge is 0.396 e. The van der Waals surface area contributed by atoms with Gasteiger partial charge in [0.25, 0.3) is 0 Å². The fourth-order valence-corrected chi connectivity index (χ4v) is 2.53. The summed E-state index contributed by atoms with van der Waals surface area (Å²) in [4.78, 5) is 11.7. The molecule has 5 nitrogen and oxygen atoms in total. The second kappa shape index (κ2) is 6.75. The van der Waals surface area contributed by atoms with Gasteiger partial charge in [0.1, 0.15) is 0 Å². The number of amides is 1. The number of hydrogen-bond donors (Lipinski definition) is 2. The van der Waals surface area contributed by atoms with E-state index in [1.807, 2.05) is 29.8 Å². The first-order valence-electron chi connectivity index (χ1n) is 7.50. The Bertz CT molecular complexity index is 662. The Morgan fingerprint density at radius 3 is 2.64 bits per heavy atom. The van der Waals surface area contributed by atoms with Crippen molar-refractivity contribution in [2.75, 3.05) is 6.61 Å². The normalized spacial score (nSPS) is 12.6. The quantitative estimate of drug-likeness (QED) is 0.859. The first-order valence-corrected chi connectivity index (χ1v) is 7.50. The fraction of sp³-hybridized carbons (Fsp3) is 0.412. The van der Waals surface area contributed by atoms with Crippen LogP contribution in [0.25, 0.3) is 11.3 Å². The van der Waals surface area contributed by atoms with Gasteiger partial charge in [-0.05, 0) is 23.6 Å². The number of rotatable bonds is 6. The Balaban J connectivity index is 2.47. The third-order valence-electron chi connectivity index (χ3n) is 3.67. The minimum Gasteiger partial charge on any atom is -0.396 e. The molecule has 2 aromatic rings. The molecule has 0 spiro atoms. The number of nitrogens with two attached hydrogens (primary N) is 1. The van der Waals surface area contributed by atoms with E-state index in [4.69, 9.17) is 5.73 Å². The van der Waals surface area contributed by atoms with Crippen molar-refractivity contribution in [2.24, 2.45) is 11.7 Å². The van der Waals surface area contributed by atoms with Crippen LogP contribution < -0.4 is 5.73 Å². The van der Waals surface area contributed by atoms with Crippen LogP contribution in [0, 0.1) is 5.92 Å². The van der Waals surface area contributed by atoms with Gasteiger partial charge in [0.05, 0.1) is 5.69 Å². The molecule has 118 valence electrons. The molecule has 0 unspecified atom stereocenters. The molecule has 0 aliphatic heterocycles. The first kappa shape index (κ1) is 16.2. The van der Waals surface area contributed by atoms with Crippen molar-refractivity contribution in [1.82, 2.24) is 9.78 Å². The molecular formula is C17H23N3O2. The van der Waals surface area contributed by atoms with Gasteiger partial charge in [-0.3, -0.25) is 9.48 Å². The van der Waals surface area contributed by atoms with Gasteiger partial charge < -0.3 is 10.8 Å². The summed E-state index contributed by atoms with van der Waals surface area (Å²) in [6.45, 7) is 6.91. The van der Waals surface area contributed by atoms with Gasteiger partial charge >= 0.3 is 0 Å². The topological polar surface area (TPSA) is 81.1 Å². The number of carbonyl (C=O) groups excluding carboxylic acids is 1. The molecule has 0 saturated heterocycles. The van der Waals surface area contributed by atoms with Crippen LogP contribution in [0.1, 0.15) is 42.6 Å². The second-order valence-corrected chi connectivity index (χ2v) is 6.04. The summed E-state index contributed by atoms with van der Waals surface area (Å²) in [6, 6.07) is 7.53. The molecule has 3 N–H and O–H groups in total. The van der Waals surface area contributed by atoms with Gasteiger partial charge in [0.2, 0.25) is 5.91 Å². The standard InChI is InChI=1S/C17H23N3O2/c1-11(2)9-20-16(6-7-19-20)13-4-5-14(12(3)10-21)15(8-13)17(18)22/h4-8,11-12,21H,9-10H2,1-3H3,(H2,18,22)/t12-/m1/s1. The van der Waals surface area contributed by atoms with Crippen LogP contribution in [0.5, 0.6) is 0 Å². The van der Waals surface area contributed by atoms with Crippen molar-refractivity contribution in [3.63, 3.8) is 0 Å². The number of hydrogen-bond acceptors (Lipinski definition) is 3. The lowest BCUT2D eigenvalue weighted by atomic mass is 9.93. The molecule has 1 heterocycles. The van der Waals surface area contributed by atoms with Crippen molar-refractivity contribution in [2.45, 2.75) is 33.2 Å². The predicted molar refractivity (Wildman–Crippen MR) is 86.5 cm³/mol. The number of carbonyl (C=O) groups is 1. The zero-order valence-electron chi connectivity index (χ0n) is 13.3. The van der Waals surface area contributed by atoms with E-state index in [1.54, 1.807) is 12.3 Å². The van der Waals surface area contributed by atoms with E-state index in [2.05, 4.69) is 18.9 Å². The van der Waals surface area contributed by atoms with Crippen molar-refractivity contribution in [1.29, 1.82) is 0 Å². The van der Waals surface area contributed by atoms with E-state index in [-0.39, 0.29) is 12.5 Å². The van der Waals surface area contributed by atoms with Gasteiger partial charge in [-0.25, -0.2) is 0 Å². The van der Waals surface area contributed by atoms with E-state index in [0.29, 0.717) is 11.5 Å². The number of benzene rings is 1. The third-order valence-corrected chi connectivity index (χ3v) is 3.67. The average Bonchev–Trinajstić information content (AvgIpc) is 2.93. The molecule has 5 heteroatoms. The summed E-state index contributed by atoms with van der Waals surface area (Å²) in [7, 11) is 0. The van der Waals surface area contributed by atoms with Gasteiger partial charge in [0.15, 0.2) is 0 Å². The van der Waals surface area contributed by atoms with E-state index in [0.717, 1.165) is 23.4 Å². The monoisotopic (exact) mass is 301 g/mol. The van der Waals surface area contributed by atoms with Crippen LogP contribution in [0.15, 0.2) is 30.5 Å². The van der Waals surface area contributed by atoms with Gasteiger partial charge in [0, 0.05) is 36.4 Å². The molecule has 0 aliphatic carbocycles. The van der Waals surface area contributed by atoms with Crippen LogP contribution in [0.3, 0.4) is 0 Å². The molecule has 2 rings (SSSR count). The predicted octanol–water partition coefficient (Wildman–Crippen LogP) is 2.40. The van der Waals surface area contributed by atoms with Crippen molar-refractivity contribution in [3.05, 3.63) is 41.6 Å². The number of aromatic nitrogens is 2. The lowest BCUT2D eigenvalue weighted by Crippen LogP contribution is -2.16. The molecule has 0 aliphatic rings. The van der Waals surface area contributed by atoms with Crippen LogP contribution in [0.4, 0.5) is 0 Å². The molecule has 0 fully saturated rings. The first-order chi connectivity index (χ1) is 10.4. The Kier molecular flexibility index (Phi) is 4.98. The number of nitrogens with zero attached hydrogens (tertiary/aromatic N) is 2. The summed E-state index contributed by atoms with van der Waals surface area (Å²) in [5.74, 6) is -0.132. The molecular weight excluding hydrogens is 278 g/mol. The smallest absolute Gasteiger partial charge is 0.249 e. The zero-order chi connectivity index (χ0) is 16.3. The maximum atomic E-state index is 11.7. The maximum absolute atomic E-state index is 11.7. The number of aliphatic hydroxyl groups excluding tert-OH is 1. The Morgan fingerprint density at radius 1 is 1.32 bits per heavy atom. The Labute approximate surface area is 130 Å². The molecule has 0 bridgehead atoms. The van der Waals surface area contributed by atoms with Gasteiger partial charge in [-0.2, -0.15) is 5.10 Å². The highest BCUT2D eigenvalue weighted by Gasteiger charge is 2.16. The van der Waals surface area contributed by atoms with E-state index in [9.17, 15) is 9.90 Å². The molecule has 1 aromatic carbocycles. The highest BCUT2D eigenvalue weighted by molar-refractivity contribution is 5.95. The lowest BCUT2D eigenvalue weighted by Gasteiger charge is -2.15. The SMILES string of the molecule is CC(C)Cn1nccc1-c1ccc([C@H](C)CO)c(C(N)=O)c1. The van der Waals surface area contributed by atoms with E-state index >= 15 is 0 Å². The summed E-state index contributed by atoms with van der Waals surface area (Å²) < 4.78 is 1.93. The minimum absolute atomic E-state index is 0.0229. The molecule has 1 atom stereocenters. The number of primary amides is 1. The van der Waals surface area contributed by atoms with E-state index < -0.39 is 5.91 Å². The molecule has 0 saturated carbocycles. The summed E-state index contributed by atoms with van der Waals surface area (Å²) >= 11 is 0. The molecule has 1 aromatic heterocycles. The molecule has 1 amide bonds. The third kappa shape index (κ3) is 3.36. The Morgan fingerprint density at radius 2 is 2.05 bits per heavy atom. The van der Waals surface area contributed by atoms with Crippen LogP contribution in [-0.4, -0.2) is 27.4 Å². The molecule has 22 heavy (non-hydrogen) atoms. The van der Waals surface area contributed by atoms with E-state index in [1.165, 1.54) is 0 Å². The van der Waals surface area contributed by atoms with Crippen molar-refractivity contribution < 1.29 is 9.90 Å². The second-order valence-electron chi connectivity index (χ2n) is 6.04. The van der Waals surface area contributed by atoms with Gasteiger partial charge in [-0.1, -0.05) is 32.9 Å². The zero-order valence-corrected chi connectivity index (χ0v) is 13.3. The fourth-order valence-electron chi connectivity index (χ4n) is 2.53. The maximum Gasteiger partial charge on any atom is 0.249 e. The van der Waals surface area contributed by atoms with Gasteiger partial charge in [-0.15, -0.1) is 0 Å². The van der Waals surface area contributed by atoms with Crippen LogP contribution in [-0.2, 0) is 6.54 Å². The number of aliphatic hydroxyl groups is 1. The Hall–Kier alpha value is -2.14. The summed E-state index contributed by atoms with van der Waals surface area (Å²) in [5.41, 5.74) is 8.59. The van der Waals surface area contributed by atoms with Crippen LogP contribution in [0.2, 0.25) is 0 Å². The summed E-state index contributed by atoms with van der Waals surface area (Å²) in [5, 5.41) is 13.7. The highest BCUT2D eigenvalue weighted by Crippen LogP contribution is 2.26. The lowest BCUT2D eigenvalue weighted by molar-refractivity contribution is 0.0998.